The number of amides is 1. The smallest absolute Gasteiger partial charge is 0.323 e. The van der Waals surface area contributed by atoms with Crippen LogP contribution in [0, 0.1) is 0 Å². The zero-order valence-corrected chi connectivity index (χ0v) is 11.0. The van der Waals surface area contributed by atoms with Crippen molar-refractivity contribution in [2.75, 3.05) is 40.3 Å². The predicted octanol–water partition coefficient (Wildman–Crippen LogP) is -0.114. The first-order valence-corrected chi connectivity index (χ1v) is 5.58. The number of rotatable bonds is 8. The van der Waals surface area contributed by atoms with E-state index < -0.39 is 5.97 Å². The van der Waals surface area contributed by atoms with Crippen molar-refractivity contribution >= 4 is 11.9 Å². The molecule has 0 atom stereocenters. The van der Waals surface area contributed by atoms with Gasteiger partial charge in [0.2, 0.25) is 5.91 Å². The van der Waals surface area contributed by atoms with E-state index in [4.69, 9.17) is 9.84 Å². The van der Waals surface area contributed by atoms with Crippen LogP contribution in [0.2, 0.25) is 0 Å². The van der Waals surface area contributed by atoms with E-state index >= 15 is 0 Å². The van der Waals surface area contributed by atoms with E-state index in [0.29, 0.717) is 13.1 Å². The summed E-state index contributed by atoms with van der Waals surface area (Å²) in [7, 11) is 3.74. The molecule has 6 heteroatoms. The number of ether oxygens (including phenoxy) is 1. The molecule has 0 saturated heterocycles. The molecule has 0 unspecified atom stereocenters. The number of carbonyl (C=O) groups is 2. The van der Waals surface area contributed by atoms with Crippen LogP contribution in [0.3, 0.4) is 0 Å². The standard InChI is InChI=1S/C11H22N2O4/c1-9(2)17-8-10(14)13(7-11(15)16)6-5-12(3)4/h9H,5-8H2,1-4H3,(H,15,16). The second kappa shape index (κ2) is 8.03. The van der Waals surface area contributed by atoms with E-state index in [0.717, 1.165) is 0 Å². The molecule has 0 spiro atoms. The zero-order valence-electron chi connectivity index (χ0n) is 11.0. The number of carboxylic acids is 1. The van der Waals surface area contributed by atoms with Crippen molar-refractivity contribution in [2.24, 2.45) is 0 Å². The lowest BCUT2D eigenvalue weighted by Gasteiger charge is -2.23. The molecule has 0 aliphatic carbocycles. The van der Waals surface area contributed by atoms with Crippen molar-refractivity contribution in [3.05, 3.63) is 0 Å². The zero-order chi connectivity index (χ0) is 13.4. The lowest BCUT2D eigenvalue weighted by Crippen LogP contribution is -2.42. The third kappa shape index (κ3) is 8.65. The molecule has 100 valence electrons. The molecule has 0 bridgehead atoms. The first kappa shape index (κ1) is 15.9. The Morgan fingerprint density at radius 2 is 1.82 bits per heavy atom. The number of hydrogen-bond donors (Lipinski definition) is 1. The van der Waals surface area contributed by atoms with Gasteiger partial charge in [0, 0.05) is 13.1 Å². The van der Waals surface area contributed by atoms with Crippen molar-refractivity contribution < 1.29 is 19.4 Å². The highest BCUT2D eigenvalue weighted by Gasteiger charge is 2.17. The van der Waals surface area contributed by atoms with Gasteiger partial charge in [0.25, 0.3) is 0 Å². The Hall–Kier alpha value is -1.14. The average Bonchev–Trinajstić information content (AvgIpc) is 2.19. The molecular weight excluding hydrogens is 224 g/mol. The van der Waals surface area contributed by atoms with Gasteiger partial charge in [0.15, 0.2) is 0 Å². The number of aliphatic carboxylic acids is 1. The summed E-state index contributed by atoms with van der Waals surface area (Å²) < 4.78 is 5.18. The highest BCUT2D eigenvalue weighted by molar-refractivity contribution is 5.82. The van der Waals surface area contributed by atoms with Gasteiger partial charge in [0.05, 0.1) is 6.10 Å². The number of nitrogens with zero attached hydrogens (tertiary/aromatic N) is 2. The number of hydrogen-bond acceptors (Lipinski definition) is 4. The molecular formula is C11H22N2O4. The van der Waals surface area contributed by atoms with Crippen LogP contribution in [-0.2, 0) is 14.3 Å². The summed E-state index contributed by atoms with van der Waals surface area (Å²) in [6.07, 6.45) is -0.0422. The van der Waals surface area contributed by atoms with Gasteiger partial charge in [-0.25, -0.2) is 0 Å². The first-order valence-electron chi connectivity index (χ1n) is 5.58. The molecule has 0 fully saturated rings. The second-order valence-corrected chi connectivity index (χ2v) is 4.37. The number of likely N-dealkylation sites (N-methyl/N-ethyl adjacent to an activating group) is 1. The Morgan fingerprint density at radius 1 is 1.24 bits per heavy atom. The average molecular weight is 246 g/mol. The minimum absolute atomic E-state index is 0.0422. The van der Waals surface area contributed by atoms with E-state index in [1.807, 2.05) is 32.8 Å². The summed E-state index contributed by atoms with van der Waals surface area (Å²) in [6, 6.07) is 0. The summed E-state index contributed by atoms with van der Waals surface area (Å²) in [6.45, 7) is 4.32. The second-order valence-electron chi connectivity index (χ2n) is 4.37. The topological polar surface area (TPSA) is 70.1 Å². The van der Waals surface area contributed by atoms with Crippen LogP contribution in [-0.4, -0.2) is 73.2 Å². The highest BCUT2D eigenvalue weighted by atomic mass is 16.5. The maximum absolute atomic E-state index is 11.7. The highest BCUT2D eigenvalue weighted by Crippen LogP contribution is 1.95. The SMILES string of the molecule is CC(C)OCC(=O)N(CCN(C)C)CC(=O)O. The Morgan fingerprint density at radius 3 is 2.24 bits per heavy atom. The molecule has 0 rings (SSSR count). The van der Waals surface area contributed by atoms with E-state index in [9.17, 15) is 9.59 Å². The molecule has 6 nitrogen and oxygen atoms in total. The molecule has 0 aliphatic heterocycles. The fourth-order valence-corrected chi connectivity index (χ4v) is 1.11. The van der Waals surface area contributed by atoms with Gasteiger partial charge in [-0.15, -0.1) is 0 Å². The maximum Gasteiger partial charge on any atom is 0.323 e. The van der Waals surface area contributed by atoms with Crippen LogP contribution < -0.4 is 0 Å². The Bertz CT molecular complexity index is 254. The van der Waals surface area contributed by atoms with E-state index in [1.54, 1.807) is 0 Å². The lowest BCUT2D eigenvalue weighted by atomic mass is 10.4. The van der Waals surface area contributed by atoms with Crippen molar-refractivity contribution in [3.8, 4) is 0 Å². The monoisotopic (exact) mass is 246 g/mol. The van der Waals surface area contributed by atoms with Gasteiger partial charge in [-0.2, -0.15) is 0 Å². The molecule has 1 N–H and O–H groups in total. The largest absolute Gasteiger partial charge is 0.480 e. The van der Waals surface area contributed by atoms with Crippen LogP contribution in [0.1, 0.15) is 13.8 Å². The normalized spacial score (nSPS) is 10.9. The minimum atomic E-state index is -1.01. The minimum Gasteiger partial charge on any atom is -0.480 e. The van der Waals surface area contributed by atoms with Crippen LogP contribution >= 0.6 is 0 Å². The first-order chi connectivity index (χ1) is 7.82. The Balaban J connectivity index is 4.24. The van der Waals surface area contributed by atoms with Gasteiger partial charge in [-0.1, -0.05) is 0 Å². The lowest BCUT2D eigenvalue weighted by molar-refractivity contribution is -0.147. The summed E-state index contributed by atoms with van der Waals surface area (Å²) in [5.74, 6) is -1.30. The van der Waals surface area contributed by atoms with Crippen molar-refractivity contribution in [1.29, 1.82) is 0 Å². The quantitative estimate of drug-likeness (QED) is 0.647. The van der Waals surface area contributed by atoms with Crippen molar-refractivity contribution in [3.63, 3.8) is 0 Å². The van der Waals surface area contributed by atoms with Crippen molar-refractivity contribution in [2.45, 2.75) is 20.0 Å². The van der Waals surface area contributed by atoms with Gasteiger partial charge in [0.1, 0.15) is 13.2 Å². The van der Waals surface area contributed by atoms with Gasteiger partial charge in [-0.05, 0) is 27.9 Å². The molecule has 0 heterocycles. The number of carboxylic acid groups (broad SMARTS) is 1. The molecule has 0 aromatic heterocycles. The van der Waals surface area contributed by atoms with Gasteiger partial charge in [-0.3, -0.25) is 9.59 Å². The molecule has 0 radical (unpaired) electrons. The summed E-state index contributed by atoms with van der Waals surface area (Å²) >= 11 is 0. The Labute approximate surface area is 102 Å². The van der Waals surface area contributed by atoms with E-state index in [2.05, 4.69) is 0 Å². The summed E-state index contributed by atoms with van der Waals surface area (Å²) in [5, 5.41) is 8.73. The van der Waals surface area contributed by atoms with Crippen LogP contribution in [0.4, 0.5) is 0 Å². The third-order valence-corrected chi connectivity index (χ3v) is 2.04. The predicted molar refractivity (Wildman–Crippen MR) is 63.9 cm³/mol. The van der Waals surface area contributed by atoms with Crippen LogP contribution in [0.15, 0.2) is 0 Å². The Kier molecular flexibility index (Phi) is 7.49. The number of carbonyl (C=O) groups excluding carboxylic acids is 1. The van der Waals surface area contributed by atoms with E-state index in [1.165, 1.54) is 4.90 Å². The molecule has 17 heavy (non-hydrogen) atoms. The van der Waals surface area contributed by atoms with Crippen LogP contribution in [0.5, 0.6) is 0 Å². The molecule has 0 aromatic rings. The molecule has 1 amide bonds. The molecule has 0 aromatic carbocycles. The molecule has 0 aliphatic rings. The van der Waals surface area contributed by atoms with Crippen LogP contribution in [0.25, 0.3) is 0 Å². The molecule has 0 saturated carbocycles. The van der Waals surface area contributed by atoms with Gasteiger partial charge >= 0.3 is 5.97 Å². The maximum atomic E-state index is 11.7. The summed E-state index contributed by atoms with van der Waals surface area (Å²) in [5.41, 5.74) is 0. The van der Waals surface area contributed by atoms with Crippen molar-refractivity contribution in [1.82, 2.24) is 9.80 Å². The van der Waals surface area contributed by atoms with E-state index in [-0.39, 0.29) is 25.2 Å². The van der Waals surface area contributed by atoms with Gasteiger partial charge < -0.3 is 19.6 Å². The summed E-state index contributed by atoms with van der Waals surface area (Å²) in [4.78, 5) is 25.6. The third-order valence-electron chi connectivity index (χ3n) is 2.04. The fraction of sp³-hybridized carbons (Fsp3) is 0.818. The fourth-order valence-electron chi connectivity index (χ4n) is 1.11.